The second-order valence-electron chi connectivity index (χ2n) is 5.35. The average Bonchev–Trinajstić information content (AvgIpc) is 2.75. The lowest BCUT2D eigenvalue weighted by atomic mass is 9.94. The fraction of sp³-hybridized carbons (Fsp3) is 0.727. The minimum atomic E-state index is -3.42. The Labute approximate surface area is 107 Å². The summed E-state index contributed by atoms with van der Waals surface area (Å²) in [6.45, 7) is 3.70. The number of H-pyrrole nitrogens is 1. The number of aromatic nitrogens is 2. The van der Waals surface area contributed by atoms with Gasteiger partial charge in [0.1, 0.15) is 4.90 Å². The van der Waals surface area contributed by atoms with Crippen molar-refractivity contribution in [2.24, 2.45) is 5.41 Å². The maximum absolute atomic E-state index is 12.2. The lowest BCUT2D eigenvalue weighted by Crippen LogP contribution is -2.36. The van der Waals surface area contributed by atoms with Crippen LogP contribution in [-0.4, -0.2) is 37.7 Å². The highest BCUT2D eigenvalue weighted by Crippen LogP contribution is 2.53. The first-order valence-corrected chi connectivity index (χ1v) is 7.75. The summed E-state index contributed by atoms with van der Waals surface area (Å²) in [4.78, 5) is 0.262. The number of hydrogen-bond acceptors (Lipinski definition) is 4. The van der Waals surface area contributed by atoms with E-state index in [0.29, 0.717) is 5.69 Å². The number of sulfonamides is 1. The summed E-state index contributed by atoms with van der Waals surface area (Å²) >= 11 is 0. The van der Waals surface area contributed by atoms with Crippen LogP contribution in [0.2, 0.25) is 0 Å². The van der Waals surface area contributed by atoms with Gasteiger partial charge in [-0.25, -0.2) is 13.1 Å². The number of nitrogens with one attached hydrogen (secondary N) is 3. The van der Waals surface area contributed by atoms with Gasteiger partial charge in [-0.05, 0) is 44.7 Å². The zero-order valence-corrected chi connectivity index (χ0v) is 11.2. The molecule has 0 amide bonds. The number of aryl methyl sites for hydroxylation is 1. The lowest BCUT2D eigenvalue weighted by molar-refractivity contribution is 0.337. The van der Waals surface area contributed by atoms with Gasteiger partial charge in [-0.1, -0.05) is 0 Å². The van der Waals surface area contributed by atoms with Gasteiger partial charge in [0.25, 0.3) is 0 Å². The van der Waals surface area contributed by atoms with Crippen molar-refractivity contribution in [3.8, 4) is 0 Å². The summed E-state index contributed by atoms with van der Waals surface area (Å²) in [6.07, 6.45) is 4.45. The topological polar surface area (TPSA) is 86.9 Å². The molecule has 1 spiro atoms. The fourth-order valence-electron chi connectivity index (χ4n) is 2.85. The molecule has 3 N–H and O–H groups in total. The molecule has 1 atom stereocenters. The van der Waals surface area contributed by atoms with Crippen molar-refractivity contribution in [2.45, 2.75) is 37.1 Å². The molecule has 1 saturated heterocycles. The minimum Gasteiger partial charge on any atom is -0.317 e. The van der Waals surface area contributed by atoms with E-state index in [1.165, 1.54) is 6.20 Å². The fourth-order valence-corrected chi connectivity index (χ4v) is 4.33. The molecular weight excluding hydrogens is 252 g/mol. The second-order valence-corrected chi connectivity index (χ2v) is 7.03. The summed E-state index contributed by atoms with van der Waals surface area (Å²) in [7, 11) is -3.42. The zero-order chi connectivity index (χ0) is 12.8. The van der Waals surface area contributed by atoms with E-state index >= 15 is 0 Å². The second kappa shape index (κ2) is 4.04. The highest BCUT2D eigenvalue weighted by molar-refractivity contribution is 7.89. The molecule has 2 heterocycles. The quantitative estimate of drug-likeness (QED) is 0.729. The van der Waals surface area contributed by atoms with Gasteiger partial charge in [0, 0.05) is 6.04 Å². The number of rotatable bonds is 3. The first kappa shape index (κ1) is 12.1. The van der Waals surface area contributed by atoms with Gasteiger partial charge < -0.3 is 5.32 Å². The van der Waals surface area contributed by atoms with E-state index in [4.69, 9.17) is 0 Å². The van der Waals surface area contributed by atoms with Crippen molar-refractivity contribution in [3.05, 3.63) is 11.9 Å². The Kier molecular flexibility index (Phi) is 2.72. The van der Waals surface area contributed by atoms with E-state index in [9.17, 15) is 8.42 Å². The molecule has 6 nitrogen and oxygen atoms in total. The van der Waals surface area contributed by atoms with Gasteiger partial charge in [0.15, 0.2) is 0 Å². The van der Waals surface area contributed by atoms with Crippen molar-refractivity contribution in [1.29, 1.82) is 0 Å². The maximum atomic E-state index is 12.2. The molecule has 1 unspecified atom stereocenters. The molecule has 0 bridgehead atoms. The van der Waals surface area contributed by atoms with Gasteiger partial charge in [-0.2, -0.15) is 5.10 Å². The zero-order valence-electron chi connectivity index (χ0n) is 10.4. The smallest absolute Gasteiger partial charge is 0.244 e. The molecule has 1 saturated carbocycles. The minimum absolute atomic E-state index is 0.0962. The molecule has 1 aromatic rings. The third-order valence-corrected chi connectivity index (χ3v) is 5.75. The molecule has 2 fully saturated rings. The number of aromatic amines is 1. The van der Waals surface area contributed by atoms with Crippen LogP contribution >= 0.6 is 0 Å². The molecule has 18 heavy (non-hydrogen) atoms. The van der Waals surface area contributed by atoms with E-state index in [-0.39, 0.29) is 16.4 Å². The van der Waals surface area contributed by atoms with E-state index in [1.807, 2.05) is 0 Å². The van der Waals surface area contributed by atoms with Crippen LogP contribution in [-0.2, 0) is 10.0 Å². The van der Waals surface area contributed by atoms with E-state index in [2.05, 4.69) is 20.2 Å². The Bertz CT molecular complexity index is 545. The highest BCUT2D eigenvalue weighted by atomic mass is 32.2. The standard InChI is InChI=1S/C11H18N4O2S/c1-8-9(7-13-14-8)18(16,17)15-10-6-11(10)2-4-12-5-3-11/h7,10,12,15H,2-6H2,1H3,(H,13,14). The van der Waals surface area contributed by atoms with Gasteiger partial charge in [-0.15, -0.1) is 0 Å². The maximum Gasteiger partial charge on any atom is 0.244 e. The van der Waals surface area contributed by atoms with Crippen molar-refractivity contribution in [2.75, 3.05) is 13.1 Å². The van der Waals surface area contributed by atoms with Crippen molar-refractivity contribution < 1.29 is 8.42 Å². The number of piperidine rings is 1. The van der Waals surface area contributed by atoms with Gasteiger partial charge in [0.05, 0.1) is 11.9 Å². The van der Waals surface area contributed by atoms with Crippen LogP contribution < -0.4 is 10.0 Å². The van der Waals surface area contributed by atoms with Crippen molar-refractivity contribution in [1.82, 2.24) is 20.2 Å². The summed E-state index contributed by atoms with van der Waals surface area (Å²) < 4.78 is 27.2. The van der Waals surface area contributed by atoms with E-state index in [1.54, 1.807) is 6.92 Å². The molecule has 0 aromatic carbocycles. The highest BCUT2D eigenvalue weighted by Gasteiger charge is 2.55. The van der Waals surface area contributed by atoms with Crippen LogP contribution in [0.5, 0.6) is 0 Å². The van der Waals surface area contributed by atoms with Crippen LogP contribution in [0.15, 0.2) is 11.1 Å². The van der Waals surface area contributed by atoms with Gasteiger partial charge >= 0.3 is 0 Å². The lowest BCUT2D eigenvalue weighted by Gasteiger charge is -2.23. The normalized spacial score (nSPS) is 26.4. The predicted octanol–water partition coefficient (Wildman–Crippen LogP) is 0.139. The molecule has 2 aliphatic rings. The Morgan fingerprint density at radius 1 is 1.44 bits per heavy atom. The third kappa shape index (κ3) is 1.96. The summed E-state index contributed by atoms with van der Waals surface area (Å²) in [5.41, 5.74) is 0.790. The molecule has 1 aliphatic carbocycles. The third-order valence-electron chi connectivity index (χ3n) is 4.16. The average molecular weight is 270 g/mol. The van der Waals surface area contributed by atoms with Crippen LogP contribution in [0, 0.1) is 12.3 Å². The SMILES string of the molecule is Cc1[nH]ncc1S(=O)(=O)NC1CC12CCNCC2. The molecule has 3 rings (SSSR count). The van der Waals surface area contributed by atoms with Gasteiger partial charge in [0.2, 0.25) is 10.0 Å². The van der Waals surface area contributed by atoms with Crippen LogP contribution in [0.25, 0.3) is 0 Å². The van der Waals surface area contributed by atoms with Crippen LogP contribution in [0.4, 0.5) is 0 Å². The summed E-state index contributed by atoms with van der Waals surface area (Å²) in [5.74, 6) is 0. The largest absolute Gasteiger partial charge is 0.317 e. The Morgan fingerprint density at radius 2 is 2.17 bits per heavy atom. The van der Waals surface area contributed by atoms with Crippen molar-refractivity contribution in [3.63, 3.8) is 0 Å². The summed E-state index contributed by atoms with van der Waals surface area (Å²) in [5, 5.41) is 9.73. The van der Waals surface area contributed by atoms with Gasteiger partial charge in [-0.3, -0.25) is 5.10 Å². The Morgan fingerprint density at radius 3 is 2.78 bits per heavy atom. The molecule has 7 heteroatoms. The first-order chi connectivity index (χ1) is 8.54. The Hall–Kier alpha value is -0.920. The van der Waals surface area contributed by atoms with Crippen LogP contribution in [0.3, 0.4) is 0 Å². The molecule has 0 radical (unpaired) electrons. The Balaban J connectivity index is 1.73. The molecule has 1 aliphatic heterocycles. The first-order valence-electron chi connectivity index (χ1n) is 6.27. The molecular formula is C11H18N4O2S. The van der Waals surface area contributed by atoms with E-state index < -0.39 is 10.0 Å². The van der Waals surface area contributed by atoms with E-state index in [0.717, 1.165) is 32.4 Å². The number of hydrogen-bond donors (Lipinski definition) is 3. The monoisotopic (exact) mass is 270 g/mol. The molecule has 1 aromatic heterocycles. The van der Waals surface area contributed by atoms with Crippen LogP contribution in [0.1, 0.15) is 25.0 Å². The summed E-state index contributed by atoms with van der Waals surface area (Å²) in [6, 6.07) is 0.0962. The van der Waals surface area contributed by atoms with Crippen molar-refractivity contribution >= 4 is 10.0 Å². The predicted molar refractivity (Wildman–Crippen MR) is 66.6 cm³/mol. The molecule has 100 valence electrons. The number of nitrogens with zero attached hydrogens (tertiary/aromatic N) is 1.